The number of benzene rings is 1. The molecule has 3 heterocycles. The van der Waals surface area contributed by atoms with Crippen LogP contribution in [0.4, 0.5) is 0 Å². The van der Waals surface area contributed by atoms with Gasteiger partial charge in [0.2, 0.25) is 15.9 Å². The number of hydrogen-bond acceptors (Lipinski definition) is 4. The highest BCUT2D eigenvalue weighted by molar-refractivity contribution is 7.89. The van der Waals surface area contributed by atoms with Crippen molar-refractivity contribution < 1.29 is 13.2 Å². The van der Waals surface area contributed by atoms with Gasteiger partial charge in [-0.05, 0) is 50.3 Å². The normalized spacial score (nSPS) is 18.2. The predicted molar refractivity (Wildman–Crippen MR) is 112 cm³/mol. The summed E-state index contributed by atoms with van der Waals surface area (Å²) in [5.41, 5.74) is 1.64. The summed E-state index contributed by atoms with van der Waals surface area (Å²) in [5.74, 6) is 1.06. The molecule has 2 aliphatic heterocycles. The van der Waals surface area contributed by atoms with Gasteiger partial charge in [-0.1, -0.05) is 6.92 Å². The van der Waals surface area contributed by atoms with Crippen LogP contribution in [0.2, 0.25) is 0 Å². The molecule has 0 N–H and O–H groups in total. The summed E-state index contributed by atoms with van der Waals surface area (Å²) in [6.07, 6.45) is 6.00. The number of amides is 1. The summed E-state index contributed by atoms with van der Waals surface area (Å²) >= 11 is 0. The Hall–Kier alpha value is -1.93. The highest BCUT2D eigenvalue weighted by Crippen LogP contribution is 2.26. The van der Waals surface area contributed by atoms with Gasteiger partial charge >= 0.3 is 0 Å². The lowest BCUT2D eigenvalue weighted by molar-refractivity contribution is -0.130. The number of sulfonamides is 1. The Kier molecular flexibility index (Phi) is 5.92. The van der Waals surface area contributed by atoms with Crippen molar-refractivity contribution in [3.8, 4) is 0 Å². The Bertz CT molecular complexity index is 987. The van der Waals surface area contributed by atoms with Crippen LogP contribution in [-0.2, 0) is 27.8 Å². The fourth-order valence-corrected chi connectivity index (χ4v) is 5.94. The highest BCUT2D eigenvalue weighted by atomic mass is 32.2. The number of aryl methyl sites for hydroxylation is 2. The Morgan fingerprint density at radius 2 is 1.76 bits per heavy atom. The van der Waals surface area contributed by atoms with Gasteiger partial charge in [0.15, 0.2) is 0 Å². The van der Waals surface area contributed by atoms with Crippen molar-refractivity contribution in [3.05, 3.63) is 24.0 Å². The number of rotatable bonds is 7. The number of nitrogens with zero attached hydrogens (tertiary/aromatic N) is 4. The third kappa shape index (κ3) is 4.05. The van der Waals surface area contributed by atoms with Gasteiger partial charge in [-0.25, -0.2) is 13.4 Å². The first-order valence-corrected chi connectivity index (χ1v) is 12.2. The molecule has 29 heavy (non-hydrogen) atoms. The average molecular weight is 419 g/mol. The van der Waals surface area contributed by atoms with Gasteiger partial charge in [0.25, 0.3) is 0 Å². The molecule has 0 bridgehead atoms. The van der Waals surface area contributed by atoms with Crippen LogP contribution in [0.5, 0.6) is 0 Å². The van der Waals surface area contributed by atoms with Crippen LogP contribution in [0, 0.1) is 0 Å². The van der Waals surface area contributed by atoms with E-state index in [0.29, 0.717) is 36.3 Å². The van der Waals surface area contributed by atoms with Crippen LogP contribution in [0.3, 0.4) is 0 Å². The van der Waals surface area contributed by atoms with Crippen LogP contribution >= 0.6 is 0 Å². The standard InChI is InChI=1S/C21H30N4O3S/c1-2-11-25-19-8-7-17(29(27,28)24-14-5-6-15-24)16-18(19)22-20(25)9-10-21(26)23-12-3-4-13-23/h7-8,16H,2-6,9-15H2,1H3. The number of carbonyl (C=O) groups is 1. The molecule has 0 spiro atoms. The molecule has 0 atom stereocenters. The quantitative estimate of drug-likeness (QED) is 0.693. The van der Waals surface area contributed by atoms with E-state index in [9.17, 15) is 13.2 Å². The van der Waals surface area contributed by atoms with Crippen LogP contribution in [0.1, 0.15) is 51.3 Å². The lowest BCUT2D eigenvalue weighted by atomic mass is 10.2. The summed E-state index contributed by atoms with van der Waals surface area (Å²) in [5, 5.41) is 0. The molecule has 4 rings (SSSR count). The zero-order chi connectivity index (χ0) is 20.4. The molecule has 2 fully saturated rings. The Labute approximate surface area is 172 Å². The SMILES string of the molecule is CCCn1c(CCC(=O)N2CCCC2)nc2cc(S(=O)(=O)N3CCCC3)ccc21. The molecule has 0 saturated carbocycles. The maximum absolute atomic E-state index is 12.9. The van der Waals surface area contributed by atoms with E-state index in [1.807, 2.05) is 11.0 Å². The van der Waals surface area contributed by atoms with Crippen molar-refractivity contribution in [2.24, 2.45) is 0 Å². The summed E-state index contributed by atoms with van der Waals surface area (Å²) < 4.78 is 29.5. The second kappa shape index (κ2) is 8.44. The average Bonchev–Trinajstić information content (AvgIpc) is 3.47. The van der Waals surface area contributed by atoms with Crippen molar-refractivity contribution in [1.29, 1.82) is 0 Å². The fourth-order valence-electron chi connectivity index (χ4n) is 4.40. The second-order valence-electron chi connectivity index (χ2n) is 8.03. The first kappa shape index (κ1) is 20.3. The summed E-state index contributed by atoms with van der Waals surface area (Å²) in [6.45, 7) is 5.83. The van der Waals surface area contributed by atoms with Crippen LogP contribution in [0.25, 0.3) is 11.0 Å². The molecule has 1 aromatic heterocycles. The smallest absolute Gasteiger partial charge is 0.243 e. The summed E-state index contributed by atoms with van der Waals surface area (Å²) in [4.78, 5) is 19.4. The number of hydrogen-bond donors (Lipinski definition) is 0. The maximum Gasteiger partial charge on any atom is 0.243 e. The molecule has 2 aromatic rings. The molecule has 1 amide bonds. The van der Waals surface area contributed by atoms with Crippen molar-refractivity contribution in [1.82, 2.24) is 18.8 Å². The molecule has 0 unspecified atom stereocenters. The zero-order valence-electron chi connectivity index (χ0n) is 17.1. The van der Waals surface area contributed by atoms with Gasteiger partial charge in [-0.3, -0.25) is 4.79 Å². The number of fused-ring (bicyclic) bond motifs is 1. The van der Waals surface area contributed by atoms with Crippen LogP contribution < -0.4 is 0 Å². The van der Waals surface area contributed by atoms with Crippen LogP contribution in [-0.4, -0.2) is 59.3 Å². The molecule has 2 saturated heterocycles. The van der Waals surface area contributed by atoms with Crippen molar-refractivity contribution >= 4 is 27.0 Å². The van der Waals surface area contributed by atoms with E-state index in [1.165, 1.54) is 0 Å². The summed E-state index contributed by atoms with van der Waals surface area (Å²) in [7, 11) is -3.46. The Morgan fingerprint density at radius 3 is 2.45 bits per heavy atom. The van der Waals surface area contributed by atoms with E-state index < -0.39 is 10.0 Å². The van der Waals surface area contributed by atoms with E-state index in [4.69, 9.17) is 4.98 Å². The molecule has 8 heteroatoms. The molecular weight excluding hydrogens is 388 g/mol. The Balaban J connectivity index is 1.60. The van der Waals surface area contributed by atoms with Gasteiger partial charge in [-0.2, -0.15) is 4.31 Å². The predicted octanol–water partition coefficient (Wildman–Crippen LogP) is 2.79. The van der Waals surface area contributed by atoms with E-state index in [0.717, 1.165) is 63.1 Å². The molecule has 0 radical (unpaired) electrons. The van der Waals surface area contributed by atoms with Gasteiger partial charge in [-0.15, -0.1) is 0 Å². The monoisotopic (exact) mass is 418 g/mol. The fraction of sp³-hybridized carbons (Fsp3) is 0.619. The maximum atomic E-state index is 12.9. The number of likely N-dealkylation sites (tertiary alicyclic amines) is 1. The third-order valence-electron chi connectivity index (χ3n) is 5.97. The molecule has 1 aromatic carbocycles. The lowest BCUT2D eigenvalue weighted by Crippen LogP contribution is -2.28. The highest BCUT2D eigenvalue weighted by Gasteiger charge is 2.28. The minimum Gasteiger partial charge on any atom is -0.343 e. The van der Waals surface area contributed by atoms with Crippen molar-refractivity contribution in [2.45, 2.75) is 63.3 Å². The molecule has 0 aliphatic carbocycles. The number of imidazole rings is 1. The lowest BCUT2D eigenvalue weighted by Gasteiger charge is -2.15. The van der Waals surface area contributed by atoms with Gasteiger partial charge < -0.3 is 9.47 Å². The summed E-state index contributed by atoms with van der Waals surface area (Å²) in [6, 6.07) is 5.26. The topological polar surface area (TPSA) is 75.5 Å². The van der Waals surface area contributed by atoms with E-state index in [2.05, 4.69) is 11.5 Å². The van der Waals surface area contributed by atoms with Crippen LogP contribution in [0.15, 0.2) is 23.1 Å². The molecular formula is C21H30N4O3S. The van der Waals surface area contributed by atoms with E-state index in [-0.39, 0.29) is 5.91 Å². The first-order chi connectivity index (χ1) is 14.0. The molecule has 158 valence electrons. The van der Waals surface area contributed by atoms with Crippen molar-refractivity contribution in [3.63, 3.8) is 0 Å². The first-order valence-electron chi connectivity index (χ1n) is 10.8. The van der Waals surface area contributed by atoms with Gasteiger partial charge in [0.05, 0.1) is 15.9 Å². The Morgan fingerprint density at radius 1 is 1.07 bits per heavy atom. The van der Waals surface area contributed by atoms with Crippen molar-refractivity contribution in [2.75, 3.05) is 26.2 Å². The van der Waals surface area contributed by atoms with E-state index in [1.54, 1.807) is 16.4 Å². The van der Waals surface area contributed by atoms with E-state index >= 15 is 0 Å². The zero-order valence-corrected chi connectivity index (χ0v) is 18.0. The van der Waals surface area contributed by atoms with Gasteiger partial charge in [0.1, 0.15) is 5.82 Å². The molecule has 2 aliphatic rings. The molecule has 7 nitrogen and oxygen atoms in total. The van der Waals surface area contributed by atoms with Gasteiger partial charge in [0, 0.05) is 45.6 Å². The number of carbonyl (C=O) groups excluding carboxylic acids is 1. The minimum absolute atomic E-state index is 0.190. The third-order valence-corrected chi connectivity index (χ3v) is 7.86. The second-order valence-corrected chi connectivity index (χ2v) is 9.97. The largest absolute Gasteiger partial charge is 0.343 e. The number of aromatic nitrogens is 2. The minimum atomic E-state index is -3.46.